The molecule has 268 valence electrons. The molecule has 2 aliphatic rings. The number of nitrogens with one attached hydrogen (secondary N) is 4. The van der Waals surface area contributed by atoms with Crippen LogP contribution in [0.25, 0.3) is 0 Å². The zero-order valence-corrected chi connectivity index (χ0v) is 28.6. The van der Waals surface area contributed by atoms with Crippen LogP contribution in [0.2, 0.25) is 0 Å². The minimum atomic E-state index is -0.950. The number of hydrogen-bond donors (Lipinski definition) is 4. The lowest BCUT2D eigenvalue weighted by Crippen LogP contribution is -2.52. The molecule has 1 atom stereocenters. The van der Waals surface area contributed by atoms with Crippen LogP contribution in [0.15, 0.2) is 42.5 Å². The van der Waals surface area contributed by atoms with E-state index in [4.69, 9.17) is 0 Å². The first kappa shape index (κ1) is 39.1. The van der Waals surface area contributed by atoms with Crippen LogP contribution in [0.5, 0.6) is 0 Å². The molecule has 49 heavy (non-hydrogen) atoms. The summed E-state index contributed by atoms with van der Waals surface area (Å²) in [5, 5.41) is 10.4. The van der Waals surface area contributed by atoms with Crippen molar-refractivity contribution in [1.82, 2.24) is 26.2 Å². The molecule has 1 fully saturated rings. The standard InChI is InChI=1S/C37H53N5O7/c43-31(29-18-12-6-4-2-1-3-5-7-13-19-29)25-40-37(49)30(24-28-16-10-8-11-17-28)41-34(46)27-39-33(45)26-38-32(44)20-14-9-15-23-42-35(47)21-22-36(42)48/h8,10-11,16-17,21-22,29-30H,1-7,9,12-15,18-20,23-27H2,(H,38,44)(H,39,45)(H,40,49)(H,41,46)/t30-/m0/s1. The predicted molar refractivity (Wildman–Crippen MR) is 185 cm³/mol. The van der Waals surface area contributed by atoms with Gasteiger partial charge in [-0.2, -0.15) is 0 Å². The number of Topliss-reactive ketones (excluding diaryl/α,β-unsaturated/α-hetero) is 1. The molecule has 1 aromatic rings. The molecular formula is C37H53N5O7. The van der Waals surface area contributed by atoms with Gasteiger partial charge in [0.2, 0.25) is 23.6 Å². The highest BCUT2D eigenvalue weighted by Gasteiger charge is 2.25. The van der Waals surface area contributed by atoms with Gasteiger partial charge in [0.25, 0.3) is 11.8 Å². The normalized spacial score (nSPS) is 16.6. The van der Waals surface area contributed by atoms with Crippen LogP contribution in [0.3, 0.4) is 0 Å². The molecule has 6 amide bonds. The van der Waals surface area contributed by atoms with E-state index in [0.717, 1.165) is 49.0 Å². The molecule has 0 saturated heterocycles. The van der Waals surface area contributed by atoms with Crippen molar-refractivity contribution in [3.8, 4) is 0 Å². The molecule has 1 heterocycles. The van der Waals surface area contributed by atoms with Crippen LogP contribution in [-0.4, -0.2) is 78.3 Å². The highest BCUT2D eigenvalue weighted by Crippen LogP contribution is 2.21. The van der Waals surface area contributed by atoms with E-state index in [9.17, 15) is 33.6 Å². The first-order chi connectivity index (χ1) is 23.7. The Kier molecular flexibility index (Phi) is 17.8. The highest BCUT2D eigenvalue weighted by molar-refractivity contribution is 6.12. The summed E-state index contributed by atoms with van der Waals surface area (Å²) in [7, 11) is 0. The molecule has 4 N–H and O–H groups in total. The summed E-state index contributed by atoms with van der Waals surface area (Å²) in [5.74, 6) is -2.65. The molecule has 3 rings (SSSR count). The second kappa shape index (κ2) is 22.3. The van der Waals surface area contributed by atoms with E-state index >= 15 is 0 Å². The van der Waals surface area contributed by atoms with E-state index in [1.54, 1.807) is 0 Å². The first-order valence-electron chi connectivity index (χ1n) is 17.9. The molecular weight excluding hydrogens is 626 g/mol. The molecule has 0 aromatic heterocycles. The molecule has 1 aromatic carbocycles. The van der Waals surface area contributed by atoms with E-state index < -0.39 is 30.3 Å². The monoisotopic (exact) mass is 679 g/mol. The third-order valence-corrected chi connectivity index (χ3v) is 9.01. The van der Waals surface area contributed by atoms with Gasteiger partial charge in [-0.05, 0) is 31.2 Å². The molecule has 0 unspecified atom stereocenters. The molecule has 0 spiro atoms. The van der Waals surface area contributed by atoms with Crippen LogP contribution in [-0.2, 0) is 40.0 Å². The lowest BCUT2D eigenvalue weighted by molar-refractivity contribution is -0.137. The lowest BCUT2D eigenvalue weighted by atomic mass is 9.89. The minimum absolute atomic E-state index is 0.0251. The number of benzene rings is 1. The summed E-state index contributed by atoms with van der Waals surface area (Å²) in [6.45, 7) is -0.498. The fourth-order valence-electron chi connectivity index (χ4n) is 6.12. The Morgan fingerprint density at radius 3 is 1.86 bits per heavy atom. The zero-order chi connectivity index (χ0) is 35.3. The fraction of sp³-hybridized carbons (Fsp3) is 0.595. The highest BCUT2D eigenvalue weighted by atomic mass is 16.2. The number of hydrogen-bond acceptors (Lipinski definition) is 7. The van der Waals surface area contributed by atoms with Crippen molar-refractivity contribution in [2.24, 2.45) is 5.92 Å². The Hall–Kier alpha value is -4.35. The van der Waals surface area contributed by atoms with Crippen molar-refractivity contribution in [3.63, 3.8) is 0 Å². The maximum Gasteiger partial charge on any atom is 0.253 e. The fourth-order valence-corrected chi connectivity index (χ4v) is 6.12. The largest absolute Gasteiger partial charge is 0.347 e. The second-order valence-corrected chi connectivity index (χ2v) is 13.0. The smallest absolute Gasteiger partial charge is 0.253 e. The van der Waals surface area contributed by atoms with Gasteiger partial charge in [0, 0.05) is 37.5 Å². The zero-order valence-electron chi connectivity index (χ0n) is 28.6. The Morgan fingerprint density at radius 2 is 1.22 bits per heavy atom. The Balaban J connectivity index is 1.39. The van der Waals surface area contributed by atoms with Crippen molar-refractivity contribution in [2.45, 2.75) is 109 Å². The molecule has 1 aliphatic heterocycles. The van der Waals surface area contributed by atoms with Gasteiger partial charge in [-0.3, -0.25) is 38.5 Å². The SMILES string of the molecule is O=C(CCCCCN1C(=O)C=CC1=O)NCC(=O)NCC(=O)N[C@@H](Cc1ccccc1)C(=O)NCC(=O)C1CCCCCCCCCCC1. The molecule has 12 nitrogen and oxygen atoms in total. The first-order valence-corrected chi connectivity index (χ1v) is 17.9. The predicted octanol–water partition coefficient (Wildman–Crippen LogP) is 3.04. The van der Waals surface area contributed by atoms with Gasteiger partial charge >= 0.3 is 0 Å². The third-order valence-electron chi connectivity index (χ3n) is 9.01. The van der Waals surface area contributed by atoms with Crippen molar-refractivity contribution in [2.75, 3.05) is 26.2 Å². The van der Waals surface area contributed by atoms with E-state index in [1.807, 2.05) is 30.3 Å². The van der Waals surface area contributed by atoms with Gasteiger partial charge in [0.05, 0.1) is 19.6 Å². The summed E-state index contributed by atoms with van der Waals surface area (Å²) in [4.78, 5) is 87.9. The third kappa shape index (κ3) is 15.6. The molecule has 0 bridgehead atoms. The van der Waals surface area contributed by atoms with Crippen LogP contribution in [0, 0.1) is 5.92 Å². The van der Waals surface area contributed by atoms with Crippen LogP contribution < -0.4 is 21.3 Å². The average Bonchev–Trinajstić information content (AvgIpc) is 3.41. The number of nitrogens with zero attached hydrogens (tertiary/aromatic N) is 1. The molecule has 1 aliphatic carbocycles. The minimum Gasteiger partial charge on any atom is -0.347 e. The van der Waals surface area contributed by atoms with Crippen molar-refractivity contribution >= 4 is 41.2 Å². The summed E-state index contributed by atoms with van der Waals surface area (Å²) < 4.78 is 0. The summed E-state index contributed by atoms with van der Waals surface area (Å²) in [6, 6.07) is 8.27. The quantitative estimate of drug-likeness (QED) is 0.145. The number of ketones is 1. The summed E-state index contributed by atoms with van der Waals surface area (Å²) >= 11 is 0. The maximum absolute atomic E-state index is 13.3. The van der Waals surface area contributed by atoms with E-state index in [-0.39, 0.29) is 55.4 Å². The van der Waals surface area contributed by atoms with Crippen LogP contribution in [0.1, 0.15) is 102 Å². The topological polar surface area (TPSA) is 171 Å². The van der Waals surface area contributed by atoms with Gasteiger partial charge in [0.1, 0.15) is 6.04 Å². The van der Waals surface area contributed by atoms with Crippen molar-refractivity contribution in [1.29, 1.82) is 0 Å². The number of carbonyl (C=O) groups excluding carboxylic acids is 7. The van der Waals surface area contributed by atoms with Crippen LogP contribution >= 0.6 is 0 Å². The summed E-state index contributed by atoms with van der Waals surface area (Å²) in [6.07, 6.45) is 16.7. The van der Waals surface area contributed by atoms with Crippen molar-refractivity contribution in [3.05, 3.63) is 48.0 Å². The van der Waals surface area contributed by atoms with Crippen molar-refractivity contribution < 1.29 is 33.6 Å². The molecule has 12 heteroatoms. The number of imide groups is 1. The Morgan fingerprint density at radius 1 is 0.653 bits per heavy atom. The van der Waals surface area contributed by atoms with Gasteiger partial charge in [-0.15, -0.1) is 0 Å². The van der Waals surface area contributed by atoms with Gasteiger partial charge in [0.15, 0.2) is 5.78 Å². The van der Waals surface area contributed by atoms with Gasteiger partial charge < -0.3 is 21.3 Å². The molecule has 0 radical (unpaired) electrons. The van der Waals surface area contributed by atoms with E-state index in [0.29, 0.717) is 25.8 Å². The average molecular weight is 680 g/mol. The number of rotatable bonds is 17. The van der Waals surface area contributed by atoms with Crippen LogP contribution in [0.4, 0.5) is 0 Å². The van der Waals surface area contributed by atoms with E-state index in [2.05, 4.69) is 21.3 Å². The Bertz CT molecular complexity index is 1270. The number of carbonyl (C=O) groups is 7. The van der Waals surface area contributed by atoms with Gasteiger partial charge in [-0.25, -0.2) is 0 Å². The Labute approximate surface area is 289 Å². The number of amides is 6. The maximum atomic E-state index is 13.3. The lowest BCUT2D eigenvalue weighted by Gasteiger charge is -2.21. The number of unbranched alkanes of at least 4 members (excludes halogenated alkanes) is 2. The van der Waals surface area contributed by atoms with E-state index in [1.165, 1.54) is 44.3 Å². The molecule has 1 saturated carbocycles. The van der Waals surface area contributed by atoms with Gasteiger partial charge in [-0.1, -0.05) is 94.5 Å². The summed E-state index contributed by atoms with van der Waals surface area (Å²) in [5.41, 5.74) is 0.829. The second-order valence-electron chi connectivity index (χ2n) is 13.0.